The molecule has 2 heterocycles. The van der Waals surface area contributed by atoms with Gasteiger partial charge in [-0.05, 0) is 30.0 Å². The topological polar surface area (TPSA) is 12.5 Å². The largest absolute Gasteiger partial charge is 0.378 e. The van der Waals surface area contributed by atoms with Gasteiger partial charge in [-0.2, -0.15) is 0 Å². The zero-order valence-electron chi connectivity index (χ0n) is 9.73. The standard InChI is InChI=1S/C14H16BrNO/c15-12-3-1-10(2-4-12)14-5-11(14)6-16(9-14)13-7-17-8-13/h1-4,11,13H,5-9H2/t11-,14+/m1/s1. The van der Waals surface area contributed by atoms with Crippen LogP contribution in [0.4, 0.5) is 0 Å². The lowest BCUT2D eigenvalue weighted by atomic mass is 9.95. The Labute approximate surface area is 110 Å². The molecule has 1 aliphatic carbocycles. The van der Waals surface area contributed by atoms with Crippen LogP contribution in [0.25, 0.3) is 0 Å². The predicted molar refractivity (Wildman–Crippen MR) is 70.1 cm³/mol. The summed E-state index contributed by atoms with van der Waals surface area (Å²) in [5.74, 6) is 0.893. The fourth-order valence-corrected chi connectivity index (χ4v) is 3.73. The van der Waals surface area contributed by atoms with Gasteiger partial charge in [0.15, 0.2) is 0 Å². The molecule has 0 unspecified atom stereocenters. The van der Waals surface area contributed by atoms with Crippen molar-refractivity contribution in [2.45, 2.75) is 17.9 Å². The van der Waals surface area contributed by atoms with E-state index in [4.69, 9.17) is 4.74 Å². The lowest BCUT2D eigenvalue weighted by Gasteiger charge is -2.36. The summed E-state index contributed by atoms with van der Waals surface area (Å²) >= 11 is 3.51. The van der Waals surface area contributed by atoms with Crippen LogP contribution >= 0.6 is 15.9 Å². The summed E-state index contributed by atoms with van der Waals surface area (Å²) in [6, 6.07) is 9.65. The minimum Gasteiger partial charge on any atom is -0.378 e. The van der Waals surface area contributed by atoms with Crippen molar-refractivity contribution in [2.24, 2.45) is 5.92 Å². The maximum absolute atomic E-state index is 5.30. The van der Waals surface area contributed by atoms with Gasteiger partial charge in [0, 0.05) is 23.0 Å². The Bertz CT molecular complexity index is 442. The van der Waals surface area contributed by atoms with E-state index in [-0.39, 0.29) is 0 Å². The first-order valence-corrected chi connectivity index (χ1v) is 7.15. The molecule has 1 aromatic carbocycles. The highest BCUT2D eigenvalue weighted by Gasteiger charge is 2.61. The summed E-state index contributed by atoms with van der Waals surface area (Å²) in [6.07, 6.45) is 1.39. The van der Waals surface area contributed by atoms with Gasteiger partial charge in [0.2, 0.25) is 0 Å². The summed E-state index contributed by atoms with van der Waals surface area (Å²) in [4.78, 5) is 2.64. The number of nitrogens with zero attached hydrogens (tertiary/aromatic N) is 1. The second kappa shape index (κ2) is 3.56. The maximum Gasteiger partial charge on any atom is 0.0645 e. The van der Waals surface area contributed by atoms with Crippen molar-refractivity contribution >= 4 is 15.9 Å². The molecule has 3 aliphatic rings. The highest BCUT2D eigenvalue weighted by Crippen LogP contribution is 2.59. The Morgan fingerprint density at radius 2 is 2.00 bits per heavy atom. The van der Waals surface area contributed by atoms with Crippen molar-refractivity contribution in [3.63, 3.8) is 0 Å². The molecule has 3 heteroatoms. The lowest BCUT2D eigenvalue weighted by Crippen LogP contribution is -2.49. The summed E-state index contributed by atoms with van der Waals surface area (Å²) in [5.41, 5.74) is 2.02. The number of hydrogen-bond donors (Lipinski definition) is 0. The van der Waals surface area contributed by atoms with Gasteiger partial charge in [-0.15, -0.1) is 0 Å². The number of piperidine rings is 1. The van der Waals surface area contributed by atoms with Gasteiger partial charge in [0.05, 0.1) is 19.3 Å². The second-order valence-corrected chi connectivity index (χ2v) is 6.60. The van der Waals surface area contributed by atoms with E-state index in [1.54, 1.807) is 0 Å². The normalized spacial score (nSPS) is 36.6. The molecule has 2 saturated heterocycles. The highest BCUT2D eigenvalue weighted by molar-refractivity contribution is 9.10. The van der Waals surface area contributed by atoms with Crippen LogP contribution in [-0.2, 0) is 10.2 Å². The zero-order valence-corrected chi connectivity index (χ0v) is 11.3. The van der Waals surface area contributed by atoms with Crippen LogP contribution in [0, 0.1) is 5.92 Å². The minimum absolute atomic E-state index is 0.482. The van der Waals surface area contributed by atoms with Crippen LogP contribution in [0.2, 0.25) is 0 Å². The summed E-state index contributed by atoms with van der Waals surface area (Å²) in [7, 11) is 0. The molecule has 0 aromatic heterocycles. The van der Waals surface area contributed by atoms with E-state index < -0.39 is 0 Å². The van der Waals surface area contributed by atoms with Gasteiger partial charge >= 0.3 is 0 Å². The first-order chi connectivity index (χ1) is 8.28. The Morgan fingerprint density at radius 3 is 2.65 bits per heavy atom. The third kappa shape index (κ3) is 1.52. The van der Waals surface area contributed by atoms with Gasteiger partial charge in [0.25, 0.3) is 0 Å². The van der Waals surface area contributed by atoms with Crippen molar-refractivity contribution in [1.29, 1.82) is 0 Å². The van der Waals surface area contributed by atoms with E-state index in [2.05, 4.69) is 45.1 Å². The van der Waals surface area contributed by atoms with E-state index in [0.717, 1.165) is 19.1 Å². The van der Waals surface area contributed by atoms with E-state index in [0.29, 0.717) is 11.5 Å². The average molecular weight is 294 g/mol. The molecule has 0 amide bonds. The third-order valence-corrected chi connectivity index (χ3v) is 5.26. The van der Waals surface area contributed by atoms with Gasteiger partial charge in [-0.25, -0.2) is 0 Å². The van der Waals surface area contributed by atoms with Gasteiger partial charge in [0.1, 0.15) is 0 Å². The predicted octanol–water partition coefficient (Wildman–Crippen LogP) is 2.42. The van der Waals surface area contributed by atoms with Crippen molar-refractivity contribution in [1.82, 2.24) is 4.90 Å². The molecule has 4 rings (SSSR count). The number of benzene rings is 1. The molecule has 0 N–H and O–H groups in total. The van der Waals surface area contributed by atoms with E-state index in [1.165, 1.54) is 29.5 Å². The third-order valence-electron chi connectivity index (χ3n) is 4.73. The first kappa shape index (κ1) is 10.5. The molecule has 17 heavy (non-hydrogen) atoms. The number of halogens is 1. The Morgan fingerprint density at radius 1 is 1.24 bits per heavy atom. The quantitative estimate of drug-likeness (QED) is 0.830. The van der Waals surface area contributed by atoms with Crippen molar-refractivity contribution in [2.75, 3.05) is 26.3 Å². The van der Waals surface area contributed by atoms with Gasteiger partial charge < -0.3 is 4.74 Å². The minimum atomic E-state index is 0.482. The second-order valence-electron chi connectivity index (χ2n) is 5.68. The molecule has 2 aliphatic heterocycles. The van der Waals surface area contributed by atoms with E-state index >= 15 is 0 Å². The number of hydrogen-bond acceptors (Lipinski definition) is 2. The maximum atomic E-state index is 5.30. The van der Waals surface area contributed by atoms with Crippen LogP contribution in [0.5, 0.6) is 0 Å². The van der Waals surface area contributed by atoms with Crippen molar-refractivity contribution in [3.05, 3.63) is 34.3 Å². The fourth-order valence-electron chi connectivity index (χ4n) is 3.46. The van der Waals surface area contributed by atoms with E-state index in [9.17, 15) is 0 Å². The van der Waals surface area contributed by atoms with Crippen molar-refractivity contribution in [3.8, 4) is 0 Å². The molecule has 90 valence electrons. The van der Waals surface area contributed by atoms with Gasteiger partial charge in [-0.3, -0.25) is 4.90 Å². The highest BCUT2D eigenvalue weighted by atomic mass is 79.9. The Kier molecular flexibility index (Phi) is 2.21. The number of rotatable bonds is 2. The van der Waals surface area contributed by atoms with Crippen LogP contribution in [0.1, 0.15) is 12.0 Å². The summed E-state index contributed by atoms with van der Waals surface area (Å²) in [6.45, 7) is 4.42. The molecule has 0 bridgehead atoms. The molecule has 3 fully saturated rings. The average Bonchev–Trinajstić information content (AvgIpc) is 2.81. The molecule has 2 nitrogen and oxygen atoms in total. The first-order valence-electron chi connectivity index (χ1n) is 6.36. The smallest absolute Gasteiger partial charge is 0.0645 e. The Balaban J connectivity index is 1.56. The number of likely N-dealkylation sites (tertiary alicyclic amines) is 1. The van der Waals surface area contributed by atoms with Gasteiger partial charge in [-0.1, -0.05) is 28.1 Å². The van der Waals surface area contributed by atoms with Crippen molar-refractivity contribution < 1.29 is 4.74 Å². The Hall–Kier alpha value is -0.380. The van der Waals surface area contributed by atoms with Crippen LogP contribution in [-0.4, -0.2) is 37.2 Å². The van der Waals surface area contributed by atoms with Crippen LogP contribution < -0.4 is 0 Å². The molecule has 0 spiro atoms. The van der Waals surface area contributed by atoms with Crippen LogP contribution in [0.3, 0.4) is 0 Å². The molecular weight excluding hydrogens is 278 g/mol. The number of ether oxygens (including phenoxy) is 1. The molecule has 1 saturated carbocycles. The van der Waals surface area contributed by atoms with E-state index in [1.807, 2.05) is 0 Å². The van der Waals surface area contributed by atoms with Crippen LogP contribution in [0.15, 0.2) is 28.7 Å². The number of fused-ring (bicyclic) bond motifs is 1. The lowest BCUT2D eigenvalue weighted by molar-refractivity contribution is -0.0610. The zero-order chi connectivity index (χ0) is 11.5. The summed E-state index contributed by atoms with van der Waals surface area (Å²) in [5, 5.41) is 0. The fraction of sp³-hybridized carbons (Fsp3) is 0.571. The summed E-state index contributed by atoms with van der Waals surface area (Å²) < 4.78 is 6.48. The monoisotopic (exact) mass is 293 g/mol. The molecular formula is C14H16BrNO. The molecule has 0 radical (unpaired) electrons. The molecule has 1 aromatic rings. The SMILES string of the molecule is Brc1ccc([C@@]23C[C@@H]2CN(C2COC2)C3)cc1. The molecule has 2 atom stereocenters.